The van der Waals surface area contributed by atoms with E-state index >= 15 is 0 Å². The quantitative estimate of drug-likeness (QED) is 0.741. The fourth-order valence-electron chi connectivity index (χ4n) is 1.33. The van der Waals surface area contributed by atoms with Crippen LogP contribution in [0.4, 0.5) is 11.6 Å². The highest BCUT2D eigenvalue weighted by molar-refractivity contribution is 5.72. The fourth-order valence-corrected chi connectivity index (χ4v) is 1.33. The first kappa shape index (κ1) is 12.2. The first-order valence-electron chi connectivity index (χ1n) is 4.91. The lowest BCUT2D eigenvalue weighted by atomic mass is 10.2. The van der Waals surface area contributed by atoms with Crippen molar-refractivity contribution in [1.82, 2.24) is 9.97 Å². The predicted octanol–water partition coefficient (Wildman–Crippen LogP) is 0.304. The van der Waals surface area contributed by atoms with E-state index in [-0.39, 0.29) is 11.9 Å². The van der Waals surface area contributed by atoms with Crippen LogP contribution in [0.1, 0.15) is 6.92 Å². The van der Waals surface area contributed by atoms with Crippen LogP contribution in [0.15, 0.2) is 12.4 Å². The van der Waals surface area contributed by atoms with E-state index in [9.17, 15) is 4.79 Å². The molecule has 0 radical (unpaired) electrons. The largest absolute Gasteiger partial charge is 0.469 e. The third-order valence-electron chi connectivity index (χ3n) is 2.18. The number of hydrogen-bond acceptors (Lipinski definition) is 6. The van der Waals surface area contributed by atoms with Crippen molar-refractivity contribution in [2.45, 2.75) is 6.92 Å². The van der Waals surface area contributed by atoms with Gasteiger partial charge in [0.15, 0.2) is 0 Å². The maximum atomic E-state index is 11.2. The molecular formula is C10H16N4O2. The van der Waals surface area contributed by atoms with Crippen LogP contribution in [0.25, 0.3) is 0 Å². The van der Waals surface area contributed by atoms with E-state index in [0.29, 0.717) is 18.2 Å². The van der Waals surface area contributed by atoms with Gasteiger partial charge in [-0.15, -0.1) is 0 Å². The molecule has 1 atom stereocenters. The standard InChI is InChI=1S/C10H16N4O2/c1-7(10(15)16-3)6-14(2)9-5-12-4-8(11)13-9/h4-5,7H,6H2,1-3H3,(H2,11,13). The zero-order valence-electron chi connectivity index (χ0n) is 9.67. The summed E-state index contributed by atoms with van der Waals surface area (Å²) in [5.41, 5.74) is 5.52. The summed E-state index contributed by atoms with van der Waals surface area (Å²) in [6.45, 7) is 2.30. The Balaban J connectivity index is 2.65. The number of esters is 1. The first-order valence-corrected chi connectivity index (χ1v) is 4.91. The Morgan fingerprint density at radius 1 is 1.62 bits per heavy atom. The number of ether oxygens (including phenoxy) is 1. The second-order valence-electron chi connectivity index (χ2n) is 3.61. The van der Waals surface area contributed by atoms with Gasteiger partial charge in [-0.1, -0.05) is 6.92 Å². The second kappa shape index (κ2) is 5.29. The van der Waals surface area contributed by atoms with E-state index in [2.05, 4.69) is 14.7 Å². The molecular weight excluding hydrogens is 208 g/mol. The number of rotatable bonds is 4. The van der Waals surface area contributed by atoms with E-state index < -0.39 is 0 Å². The molecule has 2 N–H and O–H groups in total. The summed E-state index contributed by atoms with van der Waals surface area (Å²) in [7, 11) is 3.20. The normalized spacial score (nSPS) is 11.9. The molecule has 0 bridgehead atoms. The number of methoxy groups -OCH3 is 1. The van der Waals surface area contributed by atoms with E-state index in [0.717, 1.165) is 0 Å². The Kier molecular flexibility index (Phi) is 4.04. The maximum absolute atomic E-state index is 11.2. The number of nitrogens with zero attached hydrogens (tertiary/aromatic N) is 3. The molecule has 6 heteroatoms. The van der Waals surface area contributed by atoms with E-state index in [4.69, 9.17) is 5.73 Å². The molecule has 0 spiro atoms. The summed E-state index contributed by atoms with van der Waals surface area (Å²) in [5, 5.41) is 0. The Bertz CT molecular complexity index is 370. The molecule has 16 heavy (non-hydrogen) atoms. The van der Waals surface area contributed by atoms with Gasteiger partial charge in [-0.2, -0.15) is 0 Å². The maximum Gasteiger partial charge on any atom is 0.310 e. The molecule has 0 aliphatic rings. The SMILES string of the molecule is COC(=O)C(C)CN(C)c1cncc(N)n1. The first-order chi connectivity index (χ1) is 7.54. The molecule has 0 aliphatic heterocycles. The summed E-state index contributed by atoms with van der Waals surface area (Å²) in [6.07, 6.45) is 3.07. The molecule has 88 valence electrons. The number of carbonyl (C=O) groups is 1. The van der Waals surface area contributed by atoms with Gasteiger partial charge in [0.25, 0.3) is 0 Å². The Hall–Kier alpha value is -1.85. The van der Waals surface area contributed by atoms with Crippen LogP contribution in [0.3, 0.4) is 0 Å². The van der Waals surface area contributed by atoms with Crippen molar-refractivity contribution in [1.29, 1.82) is 0 Å². The van der Waals surface area contributed by atoms with Crippen LogP contribution in [-0.4, -0.2) is 36.6 Å². The van der Waals surface area contributed by atoms with Crippen molar-refractivity contribution in [3.8, 4) is 0 Å². The lowest BCUT2D eigenvalue weighted by Crippen LogP contribution is -2.30. The Labute approximate surface area is 94.4 Å². The molecule has 1 rings (SSSR count). The van der Waals surface area contributed by atoms with Gasteiger partial charge in [-0.25, -0.2) is 4.98 Å². The average Bonchev–Trinajstić information content (AvgIpc) is 2.27. The van der Waals surface area contributed by atoms with Gasteiger partial charge in [0.1, 0.15) is 11.6 Å². The van der Waals surface area contributed by atoms with Crippen molar-refractivity contribution in [3.63, 3.8) is 0 Å². The summed E-state index contributed by atoms with van der Waals surface area (Å²) in [4.78, 5) is 21.1. The molecule has 1 unspecified atom stereocenters. The summed E-state index contributed by atoms with van der Waals surface area (Å²) >= 11 is 0. The molecule has 6 nitrogen and oxygen atoms in total. The van der Waals surface area contributed by atoms with Crippen LogP contribution >= 0.6 is 0 Å². The molecule has 0 fully saturated rings. The Morgan fingerprint density at radius 2 is 2.31 bits per heavy atom. The van der Waals surface area contributed by atoms with Crippen LogP contribution < -0.4 is 10.6 Å². The van der Waals surface area contributed by atoms with E-state index in [1.807, 2.05) is 11.9 Å². The molecule has 0 aliphatic carbocycles. The third kappa shape index (κ3) is 3.08. The van der Waals surface area contributed by atoms with Gasteiger partial charge in [0.2, 0.25) is 0 Å². The van der Waals surface area contributed by atoms with Crippen LogP contribution in [-0.2, 0) is 9.53 Å². The lowest BCUT2D eigenvalue weighted by molar-refractivity contribution is -0.144. The predicted molar refractivity (Wildman–Crippen MR) is 60.9 cm³/mol. The number of anilines is 2. The monoisotopic (exact) mass is 224 g/mol. The van der Waals surface area contributed by atoms with Crippen molar-refractivity contribution in [3.05, 3.63) is 12.4 Å². The smallest absolute Gasteiger partial charge is 0.310 e. The van der Waals surface area contributed by atoms with Crippen LogP contribution in [0, 0.1) is 5.92 Å². The average molecular weight is 224 g/mol. The topological polar surface area (TPSA) is 81.3 Å². The van der Waals surface area contributed by atoms with Gasteiger partial charge in [0.05, 0.1) is 25.4 Å². The van der Waals surface area contributed by atoms with Gasteiger partial charge >= 0.3 is 5.97 Å². The minimum atomic E-state index is -0.247. The molecule has 0 amide bonds. The molecule has 1 heterocycles. The minimum Gasteiger partial charge on any atom is -0.469 e. The number of hydrogen-bond donors (Lipinski definition) is 1. The van der Waals surface area contributed by atoms with Gasteiger partial charge in [-0.3, -0.25) is 9.78 Å². The zero-order valence-corrected chi connectivity index (χ0v) is 9.67. The van der Waals surface area contributed by atoms with Crippen molar-refractivity contribution in [2.24, 2.45) is 5.92 Å². The highest BCUT2D eigenvalue weighted by atomic mass is 16.5. The minimum absolute atomic E-state index is 0.224. The number of aromatic nitrogens is 2. The summed E-state index contributed by atoms with van der Waals surface area (Å²) in [5.74, 6) is 0.521. The molecule has 0 saturated heterocycles. The number of nitrogens with two attached hydrogens (primary N) is 1. The van der Waals surface area contributed by atoms with E-state index in [1.165, 1.54) is 13.3 Å². The highest BCUT2D eigenvalue weighted by Gasteiger charge is 2.16. The van der Waals surface area contributed by atoms with Crippen molar-refractivity contribution in [2.75, 3.05) is 31.3 Å². The van der Waals surface area contributed by atoms with Gasteiger partial charge in [0, 0.05) is 13.6 Å². The van der Waals surface area contributed by atoms with Gasteiger partial charge in [-0.05, 0) is 0 Å². The third-order valence-corrected chi connectivity index (χ3v) is 2.18. The van der Waals surface area contributed by atoms with Crippen LogP contribution in [0.2, 0.25) is 0 Å². The zero-order chi connectivity index (χ0) is 12.1. The summed E-state index contributed by atoms with van der Waals surface area (Å²) in [6, 6.07) is 0. The van der Waals surface area contributed by atoms with Crippen molar-refractivity contribution >= 4 is 17.6 Å². The lowest BCUT2D eigenvalue weighted by Gasteiger charge is -2.20. The van der Waals surface area contributed by atoms with E-state index in [1.54, 1.807) is 13.1 Å². The number of carbonyl (C=O) groups excluding carboxylic acids is 1. The molecule has 0 saturated carbocycles. The molecule has 1 aromatic rings. The summed E-state index contributed by atoms with van der Waals surface area (Å²) < 4.78 is 4.65. The molecule has 0 aromatic carbocycles. The fraction of sp³-hybridized carbons (Fsp3) is 0.500. The highest BCUT2D eigenvalue weighted by Crippen LogP contribution is 2.11. The number of nitrogen functional groups attached to an aromatic ring is 1. The Morgan fingerprint density at radius 3 is 2.88 bits per heavy atom. The molecule has 1 aromatic heterocycles. The van der Waals surface area contributed by atoms with Crippen molar-refractivity contribution < 1.29 is 9.53 Å². The van der Waals surface area contributed by atoms with Crippen LogP contribution in [0.5, 0.6) is 0 Å². The van der Waals surface area contributed by atoms with Gasteiger partial charge < -0.3 is 15.4 Å². The second-order valence-corrected chi connectivity index (χ2v) is 3.61.